The molecule has 5 heteroatoms. The molecule has 1 unspecified atom stereocenters. The van der Waals surface area contributed by atoms with Crippen molar-refractivity contribution in [1.29, 1.82) is 0 Å². The smallest absolute Gasteiger partial charge is 0.139 e. The number of hydrogen-bond acceptors (Lipinski definition) is 4. The van der Waals surface area contributed by atoms with E-state index in [1.165, 1.54) is 18.5 Å². The Hall–Kier alpha value is -1.59. The van der Waals surface area contributed by atoms with Crippen LogP contribution in [0, 0.1) is 0 Å². The predicted octanol–water partition coefficient (Wildman–Crippen LogP) is 1.99. The molecular weight excluding hydrogens is 264 g/mol. The summed E-state index contributed by atoms with van der Waals surface area (Å²) in [6.07, 6.45) is 7.93. The first-order chi connectivity index (χ1) is 10.4. The van der Waals surface area contributed by atoms with Gasteiger partial charge in [-0.25, -0.2) is 4.98 Å². The molecule has 0 bridgehead atoms. The first kappa shape index (κ1) is 13.1. The van der Waals surface area contributed by atoms with E-state index in [-0.39, 0.29) is 6.10 Å². The molecule has 0 radical (unpaired) electrons. The third-order valence-corrected chi connectivity index (χ3v) is 4.45. The third kappa shape index (κ3) is 2.63. The van der Waals surface area contributed by atoms with Gasteiger partial charge in [0.05, 0.1) is 5.69 Å². The number of pyridine rings is 1. The number of hydrogen-bond donors (Lipinski definition) is 1. The van der Waals surface area contributed by atoms with Crippen LogP contribution in [0.3, 0.4) is 0 Å². The summed E-state index contributed by atoms with van der Waals surface area (Å²) in [6, 6.07) is 4.38. The van der Waals surface area contributed by atoms with Crippen LogP contribution in [-0.2, 0) is 4.74 Å². The van der Waals surface area contributed by atoms with E-state index in [9.17, 15) is 0 Å². The van der Waals surface area contributed by atoms with Gasteiger partial charge in [-0.2, -0.15) is 0 Å². The van der Waals surface area contributed by atoms with Gasteiger partial charge < -0.3 is 19.4 Å². The van der Waals surface area contributed by atoms with E-state index in [0.29, 0.717) is 0 Å². The molecule has 5 nitrogen and oxygen atoms in total. The van der Waals surface area contributed by atoms with E-state index in [0.717, 1.165) is 50.5 Å². The molecule has 4 heterocycles. The Bertz CT molecular complexity index is 596. The summed E-state index contributed by atoms with van der Waals surface area (Å²) in [7, 11) is 0. The molecule has 21 heavy (non-hydrogen) atoms. The summed E-state index contributed by atoms with van der Waals surface area (Å²) in [6.45, 7) is 5.11. The van der Waals surface area contributed by atoms with Gasteiger partial charge in [0, 0.05) is 56.9 Å². The Labute approximate surface area is 124 Å². The normalized spacial score (nSPS) is 23.6. The SMILES string of the molecule is c1cn2cc(C3CCCCO3)nc2cc1N1CCNCC1. The Morgan fingerprint density at radius 3 is 2.95 bits per heavy atom. The Balaban J connectivity index is 1.61. The minimum atomic E-state index is 0.182. The fourth-order valence-electron chi connectivity index (χ4n) is 3.24. The van der Waals surface area contributed by atoms with Crippen molar-refractivity contribution in [2.24, 2.45) is 0 Å². The fourth-order valence-corrected chi connectivity index (χ4v) is 3.24. The lowest BCUT2D eigenvalue weighted by Crippen LogP contribution is -2.43. The minimum Gasteiger partial charge on any atom is -0.372 e. The highest BCUT2D eigenvalue weighted by atomic mass is 16.5. The monoisotopic (exact) mass is 286 g/mol. The highest BCUT2D eigenvalue weighted by molar-refractivity contribution is 5.57. The molecular formula is C16H22N4O. The molecule has 0 spiro atoms. The van der Waals surface area contributed by atoms with Gasteiger partial charge in [-0.1, -0.05) is 0 Å². The van der Waals surface area contributed by atoms with Crippen LogP contribution >= 0.6 is 0 Å². The number of rotatable bonds is 2. The second-order valence-corrected chi connectivity index (χ2v) is 5.91. The average Bonchev–Trinajstić information content (AvgIpc) is 2.99. The van der Waals surface area contributed by atoms with Crippen molar-refractivity contribution in [3.63, 3.8) is 0 Å². The highest BCUT2D eigenvalue weighted by Gasteiger charge is 2.19. The lowest BCUT2D eigenvalue weighted by atomic mass is 10.1. The van der Waals surface area contributed by atoms with Crippen LogP contribution in [0.5, 0.6) is 0 Å². The Morgan fingerprint density at radius 2 is 2.14 bits per heavy atom. The summed E-state index contributed by atoms with van der Waals surface area (Å²) in [4.78, 5) is 7.21. The van der Waals surface area contributed by atoms with Crippen LogP contribution in [0.25, 0.3) is 5.65 Å². The molecule has 0 aromatic carbocycles. The van der Waals surface area contributed by atoms with Gasteiger partial charge in [0.25, 0.3) is 0 Å². The molecule has 0 saturated carbocycles. The number of imidazole rings is 1. The lowest BCUT2D eigenvalue weighted by molar-refractivity contribution is 0.0126. The van der Waals surface area contributed by atoms with Crippen molar-refractivity contribution in [2.75, 3.05) is 37.7 Å². The van der Waals surface area contributed by atoms with Crippen LogP contribution in [0.15, 0.2) is 24.5 Å². The van der Waals surface area contributed by atoms with Gasteiger partial charge in [-0.15, -0.1) is 0 Å². The van der Waals surface area contributed by atoms with Crippen molar-refractivity contribution in [3.8, 4) is 0 Å². The van der Waals surface area contributed by atoms with Crippen molar-refractivity contribution < 1.29 is 4.74 Å². The van der Waals surface area contributed by atoms with E-state index in [2.05, 4.69) is 39.1 Å². The summed E-state index contributed by atoms with van der Waals surface area (Å²) < 4.78 is 7.96. The molecule has 2 aromatic heterocycles. The first-order valence-corrected chi connectivity index (χ1v) is 7.96. The standard InChI is InChI=1S/C16H22N4O/c1-2-10-21-15(3-1)14-12-20-7-4-13(11-16(20)18-14)19-8-5-17-6-9-19/h4,7,11-12,15,17H,1-3,5-6,8-10H2. The quantitative estimate of drug-likeness (QED) is 0.916. The Morgan fingerprint density at radius 1 is 1.24 bits per heavy atom. The van der Waals surface area contributed by atoms with Crippen molar-refractivity contribution >= 4 is 11.3 Å². The third-order valence-electron chi connectivity index (χ3n) is 4.45. The van der Waals surface area contributed by atoms with Crippen molar-refractivity contribution in [3.05, 3.63) is 30.2 Å². The zero-order chi connectivity index (χ0) is 14.1. The van der Waals surface area contributed by atoms with E-state index in [1.807, 2.05) is 0 Å². The van der Waals surface area contributed by atoms with Crippen molar-refractivity contribution in [1.82, 2.24) is 14.7 Å². The maximum absolute atomic E-state index is 5.85. The van der Waals surface area contributed by atoms with E-state index >= 15 is 0 Å². The predicted molar refractivity (Wildman–Crippen MR) is 82.8 cm³/mol. The fraction of sp³-hybridized carbons (Fsp3) is 0.562. The number of nitrogens with one attached hydrogen (secondary N) is 1. The molecule has 0 amide bonds. The summed E-state index contributed by atoms with van der Waals surface area (Å²) in [5.41, 5.74) is 3.37. The number of aromatic nitrogens is 2. The maximum atomic E-state index is 5.85. The number of piperazine rings is 1. The van der Waals surface area contributed by atoms with Crippen molar-refractivity contribution in [2.45, 2.75) is 25.4 Å². The summed E-state index contributed by atoms with van der Waals surface area (Å²) in [5, 5.41) is 3.39. The van der Waals surface area contributed by atoms with Gasteiger partial charge in [-0.3, -0.25) is 0 Å². The van der Waals surface area contributed by atoms with Crippen LogP contribution in [0.2, 0.25) is 0 Å². The minimum absolute atomic E-state index is 0.182. The number of fused-ring (bicyclic) bond motifs is 1. The number of ether oxygens (including phenoxy) is 1. The Kier molecular flexibility index (Phi) is 3.53. The first-order valence-electron chi connectivity index (χ1n) is 7.96. The van der Waals surface area contributed by atoms with E-state index < -0.39 is 0 Å². The van der Waals surface area contributed by atoms with Crippen LogP contribution in [-0.4, -0.2) is 42.2 Å². The molecule has 4 rings (SSSR count). The second-order valence-electron chi connectivity index (χ2n) is 5.91. The summed E-state index contributed by atoms with van der Waals surface area (Å²) in [5.74, 6) is 0. The molecule has 112 valence electrons. The van der Waals surface area contributed by atoms with Crippen LogP contribution in [0.4, 0.5) is 5.69 Å². The molecule has 2 aliphatic rings. The lowest BCUT2D eigenvalue weighted by Gasteiger charge is -2.29. The molecule has 2 fully saturated rings. The topological polar surface area (TPSA) is 41.8 Å². The van der Waals surface area contributed by atoms with E-state index in [4.69, 9.17) is 9.72 Å². The van der Waals surface area contributed by atoms with Crippen LogP contribution in [0.1, 0.15) is 31.1 Å². The number of anilines is 1. The molecule has 2 saturated heterocycles. The number of nitrogens with zero attached hydrogens (tertiary/aromatic N) is 3. The summed E-state index contributed by atoms with van der Waals surface area (Å²) >= 11 is 0. The maximum Gasteiger partial charge on any atom is 0.139 e. The van der Waals surface area contributed by atoms with E-state index in [1.54, 1.807) is 0 Å². The van der Waals surface area contributed by atoms with Gasteiger partial charge >= 0.3 is 0 Å². The van der Waals surface area contributed by atoms with Crippen LogP contribution < -0.4 is 10.2 Å². The molecule has 2 aromatic rings. The van der Waals surface area contributed by atoms with Gasteiger partial charge in [0.2, 0.25) is 0 Å². The van der Waals surface area contributed by atoms with Gasteiger partial charge in [-0.05, 0) is 25.3 Å². The largest absolute Gasteiger partial charge is 0.372 e. The molecule has 0 aliphatic carbocycles. The molecule has 1 atom stereocenters. The zero-order valence-corrected chi connectivity index (χ0v) is 12.3. The second kappa shape index (κ2) is 5.66. The van der Waals surface area contributed by atoms with Gasteiger partial charge in [0.15, 0.2) is 0 Å². The zero-order valence-electron chi connectivity index (χ0n) is 12.3. The average molecular weight is 286 g/mol. The van der Waals surface area contributed by atoms with Gasteiger partial charge in [0.1, 0.15) is 11.8 Å². The molecule has 2 aliphatic heterocycles. The molecule has 1 N–H and O–H groups in total. The highest BCUT2D eigenvalue weighted by Crippen LogP contribution is 2.28.